The number of carbonyl (C=O) groups excluding carboxylic acids is 1. The Labute approximate surface area is 213 Å². The van der Waals surface area contributed by atoms with Crippen LogP contribution in [0.5, 0.6) is 0 Å². The molecule has 4 rings (SSSR count). The van der Waals surface area contributed by atoms with E-state index < -0.39 is 46.4 Å². The average Bonchev–Trinajstić information content (AvgIpc) is 3.23. The summed E-state index contributed by atoms with van der Waals surface area (Å²) in [5.74, 6) is -2.43. The van der Waals surface area contributed by atoms with Crippen molar-refractivity contribution in [2.24, 2.45) is 0 Å². The highest BCUT2D eigenvalue weighted by atomic mass is 19.2. The number of benzene rings is 2. The number of carbonyl (C=O) groups is 1. The smallest absolute Gasteiger partial charge is 0.410 e. The van der Waals surface area contributed by atoms with Crippen LogP contribution in [0.25, 0.3) is 10.9 Å². The maximum Gasteiger partial charge on any atom is 0.410 e. The molecule has 0 aliphatic carbocycles. The Kier molecular flexibility index (Phi) is 7.89. The lowest BCUT2D eigenvalue weighted by atomic mass is 10.0. The fourth-order valence-electron chi connectivity index (χ4n) is 4.51. The second kappa shape index (κ2) is 10.9. The molecular formula is C27H31F2N3O5. The fraction of sp³-hybridized carbons (Fsp3) is 0.444. The maximum absolute atomic E-state index is 14.3. The first-order valence-corrected chi connectivity index (χ1v) is 12.2. The lowest BCUT2D eigenvalue weighted by Crippen LogP contribution is -2.45. The Morgan fingerprint density at radius 3 is 2.62 bits per heavy atom. The van der Waals surface area contributed by atoms with Crippen molar-refractivity contribution in [3.8, 4) is 0 Å². The number of aliphatic hydroxyl groups is 1. The first-order chi connectivity index (χ1) is 17.5. The van der Waals surface area contributed by atoms with E-state index in [0.717, 1.165) is 16.2 Å². The maximum atomic E-state index is 14.3. The monoisotopic (exact) mass is 515 g/mol. The molecule has 3 atom stereocenters. The van der Waals surface area contributed by atoms with E-state index in [9.17, 15) is 23.5 Å². The molecule has 1 saturated heterocycles. The molecule has 2 aromatic carbocycles. The first kappa shape index (κ1) is 26.7. The van der Waals surface area contributed by atoms with Crippen LogP contribution in [0.3, 0.4) is 0 Å². The Hall–Kier alpha value is -3.37. The number of ether oxygens (including phenoxy) is 2. The van der Waals surface area contributed by atoms with Crippen molar-refractivity contribution in [1.82, 2.24) is 14.5 Å². The van der Waals surface area contributed by atoms with Gasteiger partial charge in [0.2, 0.25) is 0 Å². The third-order valence-corrected chi connectivity index (χ3v) is 6.22. The van der Waals surface area contributed by atoms with Crippen molar-refractivity contribution in [3.05, 3.63) is 76.3 Å². The molecule has 198 valence electrons. The number of hydrogen-bond acceptors (Lipinski definition) is 6. The Morgan fingerprint density at radius 1 is 1.19 bits per heavy atom. The quantitative estimate of drug-likeness (QED) is 0.511. The zero-order chi connectivity index (χ0) is 26.7. The van der Waals surface area contributed by atoms with Gasteiger partial charge in [-0.3, -0.25) is 9.36 Å². The standard InChI is InChI=1S/C27H31F2N3O5/c1-27(2,3)37-26(35)32-12-11-22(36-15-17-7-5-4-6-8-17)21(32)13-18(33)14-31-16-30-20-10-9-19(28)24(29)23(20)25(31)34/h4-10,16,18,21-22,33H,11-15H2,1-3H3. The van der Waals surface area contributed by atoms with E-state index in [2.05, 4.69) is 4.98 Å². The SMILES string of the molecule is CC(C)(C)OC(=O)N1CCC(OCc2ccccc2)C1CC(O)Cn1cnc2ccc(F)c(F)c2c1=O. The van der Waals surface area contributed by atoms with Gasteiger partial charge in [-0.25, -0.2) is 18.6 Å². The Morgan fingerprint density at radius 2 is 1.92 bits per heavy atom. The minimum atomic E-state index is -1.28. The van der Waals surface area contributed by atoms with Gasteiger partial charge in [-0.05, 0) is 51.3 Å². The summed E-state index contributed by atoms with van der Waals surface area (Å²) in [4.78, 5) is 31.3. The highest BCUT2D eigenvalue weighted by Gasteiger charge is 2.40. The zero-order valence-corrected chi connectivity index (χ0v) is 21.1. The molecule has 2 heterocycles. The van der Waals surface area contributed by atoms with Crippen LogP contribution in [0, 0.1) is 11.6 Å². The summed E-state index contributed by atoms with van der Waals surface area (Å²) in [6, 6.07) is 11.2. The van der Waals surface area contributed by atoms with Crippen molar-refractivity contribution in [1.29, 1.82) is 0 Å². The van der Waals surface area contributed by atoms with E-state index in [1.807, 2.05) is 30.3 Å². The van der Waals surface area contributed by atoms with Gasteiger partial charge >= 0.3 is 6.09 Å². The van der Waals surface area contributed by atoms with E-state index in [0.29, 0.717) is 19.6 Å². The summed E-state index contributed by atoms with van der Waals surface area (Å²) in [6.07, 6.45) is -0.183. The number of amides is 1. The third-order valence-electron chi connectivity index (χ3n) is 6.22. The fourth-order valence-corrected chi connectivity index (χ4v) is 4.51. The molecule has 1 N–H and O–H groups in total. The van der Waals surface area contributed by atoms with E-state index in [-0.39, 0.29) is 24.6 Å². The third kappa shape index (κ3) is 6.31. The van der Waals surface area contributed by atoms with Gasteiger partial charge in [0.1, 0.15) is 11.0 Å². The van der Waals surface area contributed by atoms with Crippen molar-refractivity contribution in [2.45, 2.75) is 70.6 Å². The van der Waals surface area contributed by atoms with Crippen LogP contribution in [0.1, 0.15) is 39.2 Å². The molecule has 0 saturated carbocycles. The van der Waals surface area contributed by atoms with Gasteiger partial charge < -0.3 is 19.5 Å². The van der Waals surface area contributed by atoms with Crippen LogP contribution < -0.4 is 5.56 Å². The molecule has 3 unspecified atom stereocenters. The Bertz CT molecular complexity index is 1310. The second-order valence-corrected chi connectivity index (χ2v) is 10.2. The summed E-state index contributed by atoms with van der Waals surface area (Å²) < 4.78 is 40.7. The number of nitrogens with zero attached hydrogens (tertiary/aromatic N) is 3. The summed E-state index contributed by atoms with van der Waals surface area (Å²) in [6.45, 7) is 5.81. The van der Waals surface area contributed by atoms with Crippen molar-refractivity contribution >= 4 is 17.0 Å². The molecule has 8 nitrogen and oxygen atoms in total. The van der Waals surface area contributed by atoms with Crippen LogP contribution in [0.15, 0.2) is 53.6 Å². The van der Waals surface area contributed by atoms with Gasteiger partial charge in [-0.1, -0.05) is 30.3 Å². The number of aliphatic hydroxyl groups excluding tert-OH is 1. The topological polar surface area (TPSA) is 93.9 Å². The number of likely N-dealkylation sites (tertiary alicyclic amines) is 1. The molecule has 3 aromatic rings. The molecule has 1 aliphatic heterocycles. The highest BCUT2D eigenvalue weighted by molar-refractivity contribution is 5.78. The number of halogens is 2. The summed E-state index contributed by atoms with van der Waals surface area (Å²) in [5.41, 5.74) is -0.503. The lowest BCUT2D eigenvalue weighted by Gasteiger charge is -2.32. The number of fused-ring (bicyclic) bond motifs is 1. The van der Waals surface area contributed by atoms with Crippen molar-refractivity contribution in [2.75, 3.05) is 6.54 Å². The van der Waals surface area contributed by atoms with Gasteiger partial charge in [0.25, 0.3) is 5.56 Å². The van der Waals surface area contributed by atoms with Crippen LogP contribution in [0.2, 0.25) is 0 Å². The zero-order valence-electron chi connectivity index (χ0n) is 21.1. The highest BCUT2D eigenvalue weighted by Crippen LogP contribution is 2.28. The van der Waals surface area contributed by atoms with Gasteiger partial charge in [0.15, 0.2) is 11.6 Å². The minimum Gasteiger partial charge on any atom is -0.444 e. The van der Waals surface area contributed by atoms with Gasteiger partial charge in [-0.2, -0.15) is 0 Å². The molecular weight excluding hydrogens is 484 g/mol. The first-order valence-electron chi connectivity index (χ1n) is 12.2. The van der Waals surface area contributed by atoms with Crippen molar-refractivity contribution in [3.63, 3.8) is 0 Å². The second-order valence-electron chi connectivity index (χ2n) is 10.2. The largest absolute Gasteiger partial charge is 0.444 e. The van der Waals surface area contributed by atoms with Gasteiger partial charge in [0.05, 0.1) is 43.2 Å². The van der Waals surface area contributed by atoms with Crippen LogP contribution >= 0.6 is 0 Å². The number of hydrogen-bond donors (Lipinski definition) is 1. The molecule has 1 aromatic heterocycles. The predicted octanol–water partition coefficient (Wildman–Crippen LogP) is 4.02. The van der Waals surface area contributed by atoms with E-state index in [4.69, 9.17) is 9.47 Å². The Balaban J connectivity index is 1.53. The molecule has 0 spiro atoms. The molecule has 1 aliphatic rings. The van der Waals surface area contributed by atoms with Crippen LogP contribution in [-0.2, 0) is 22.6 Å². The van der Waals surface area contributed by atoms with Crippen molar-refractivity contribution < 1.29 is 28.2 Å². The molecule has 37 heavy (non-hydrogen) atoms. The lowest BCUT2D eigenvalue weighted by molar-refractivity contribution is -0.0176. The molecule has 0 radical (unpaired) electrons. The average molecular weight is 516 g/mol. The number of aromatic nitrogens is 2. The van der Waals surface area contributed by atoms with Gasteiger partial charge in [0, 0.05) is 6.54 Å². The minimum absolute atomic E-state index is 0.0240. The molecule has 0 bridgehead atoms. The van der Waals surface area contributed by atoms with E-state index >= 15 is 0 Å². The van der Waals surface area contributed by atoms with E-state index in [1.54, 1.807) is 25.7 Å². The molecule has 10 heteroatoms. The summed E-state index contributed by atoms with van der Waals surface area (Å²) in [5, 5.41) is 10.5. The predicted molar refractivity (Wildman–Crippen MR) is 133 cm³/mol. The van der Waals surface area contributed by atoms with Gasteiger partial charge in [-0.15, -0.1) is 0 Å². The normalized spacial score (nSPS) is 18.8. The number of rotatable bonds is 7. The summed E-state index contributed by atoms with van der Waals surface area (Å²) >= 11 is 0. The summed E-state index contributed by atoms with van der Waals surface area (Å²) in [7, 11) is 0. The van der Waals surface area contributed by atoms with Crippen LogP contribution in [-0.4, -0.2) is 56.0 Å². The van der Waals surface area contributed by atoms with Crippen LogP contribution in [0.4, 0.5) is 13.6 Å². The van der Waals surface area contributed by atoms with E-state index in [1.165, 1.54) is 12.4 Å². The molecule has 1 fully saturated rings. The molecule has 1 amide bonds.